The minimum Gasteiger partial charge on any atom is -0.449 e. The maximum Gasteiger partial charge on any atom is 0.341 e. The number of sulfone groups is 1. The molecule has 1 aromatic rings. The highest BCUT2D eigenvalue weighted by molar-refractivity contribution is 7.91. The number of nitrogen functional groups attached to an aromatic ring is 1. The number of esters is 1. The number of anilines is 1. The van der Waals surface area contributed by atoms with E-state index in [1.807, 2.05) is 0 Å². The van der Waals surface area contributed by atoms with E-state index in [1.54, 1.807) is 0 Å². The van der Waals surface area contributed by atoms with E-state index in [9.17, 15) is 22.4 Å². The zero-order valence-electron chi connectivity index (χ0n) is 13.4. The maximum atomic E-state index is 13.0. The van der Waals surface area contributed by atoms with E-state index in [4.69, 9.17) is 10.5 Å². The van der Waals surface area contributed by atoms with Crippen LogP contribution >= 0.6 is 0 Å². The van der Waals surface area contributed by atoms with Crippen LogP contribution in [-0.2, 0) is 19.4 Å². The second kappa shape index (κ2) is 6.76. The molecule has 1 aromatic carbocycles. The van der Waals surface area contributed by atoms with Crippen molar-refractivity contribution < 1.29 is 27.1 Å². The number of nitrogens with zero attached hydrogens (tertiary/aromatic N) is 1. The Labute approximate surface area is 139 Å². The van der Waals surface area contributed by atoms with Gasteiger partial charge < -0.3 is 15.4 Å². The number of halogens is 1. The Morgan fingerprint density at radius 1 is 1.42 bits per heavy atom. The molecule has 0 radical (unpaired) electrons. The molecule has 132 valence electrons. The Morgan fingerprint density at radius 3 is 2.62 bits per heavy atom. The van der Waals surface area contributed by atoms with Gasteiger partial charge >= 0.3 is 5.97 Å². The summed E-state index contributed by atoms with van der Waals surface area (Å²) in [6, 6.07) is 2.80. The average Bonchev–Trinajstić information content (AvgIpc) is 2.85. The number of ether oxygens (including phenoxy) is 1. The van der Waals surface area contributed by atoms with Crippen LogP contribution in [-0.4, -0.2) is 55.9 Å². The first-order chi connectivity index (χ1) is 11.1. The number of amides is 1. The SMILES string of the molecule is C[C@@H](OC(=O)c1ccc(F)cc1N)C(=O)N(C)[C@H]1CCS(=O)(=O)C1. The third-order valence-corrected chi connectivity index (χ3v) is 5.72. The van der Waals surface area contributed by atoms with Crippen LogP contribution in [0.3, 0.4) is 0 Å². The maximum absolute atomic E-state index is 13.0. The number of nitrogens with two attached hydrogens (primary N) is 1. The number of hydrogen-bond donors (Lipinski definition) is 1. The van der Waals surface area contributed by atoms with Gasteiger partial charge in [-0.15, -0.1) is 0 Å². The van der Waals surface area contributed by atoms with Gasteiger partial charge in [0.1, 0.15) is 5.82 Å². The summed E-state index contributed by atoms with van der Waals surface area (Å²) in [7, 11) is -1.65. The van der Waals surface area contributed by atoms with Crippen LogP contribution in [0.15, 0.2) is 18.2 Å². The molecular weight excluding hydrogens is 339 g/mol. The summed E-state index contributed by atoms with van der Waals surface area (Å²) in [6.07, 6.45) is -0.758. The molecule has 0 saturated carbocycles. The van der Waals surface area contributed by atoms with E-state index in [-0.39, 0.29) is 22.8 Å². The van der Waals surface area contributed by atoms with Gasteiger partial charge in [-0.3, -0.25) is 4.79 Å². The summed E-state index contributed by atoms with van der Waals surface area (Å²) in [5.41, 5.74) is 5.43. The number of hydrogen-bond acceptors (Lipinski definition) is 6. The molecule has 2 atom stereocenters. The third-order valence-electron chi connectivity index (χ3n) is 3.97. The van der Waals surface area contributed by atoms with Crippen molar-refractivity contribution in [3.63, 3.8) is 0 Å². The summed E-state index contributed by atoms with van der Waals surface area (Å²) in [5.74, 6) is -2.00. The number of likely N-dealkylation sites (N-methyl/N-ethyl adjacent to an activating group) is 1. The van der Waals surface area contributed by atoms with E-state index in [1.165, 1.54) is 24.9 Å². The quantitative estimate of drug-likeness (QED) is 0.624. The Bertz CT molecular complexity index is 765. The summed E-state index contributed by atoms with van der Waals surface area (Å²) >= 11 is 0. The van der Waals surface area contributed by atoms with Gasteiger partial charge in [0.15, 0.2) is 15.9 Å². The molecule has 9 heteroatoms. The largest absolute Gasteiger partial charge is 0.449 e. The van der Waals surface area contributed by atoms with E-state index < -0.39 is 39.7 Å². The fourth-order valence-corrected chi connectivity index (χ4v) is 4.32. The number of carbonyl (C=O) groups is 2. The van der Waals surface area contributed by atoms with Crippen LogP contribution in [0.5, 0.6) is 0 Å². The van der Waals surface area contributed by atoms with Crippen LogP contribution in [0.4, 0.5) is 10.1 Å². The molecule has 1 aliphatic heterocycles. The zero-order valence-corrected chi connectivity index (χ0v) is 14.2. The highest BCUT2D eigenvalue weighted by atomic mass is 32.2. The highest BCUT2D eigenvalue weighted by Gasteiger charge is 2.35. The van der Waals surface area contributed by atoms with E-state index >= 15 is 0 Å². The van der Waals surface area contributed by atoms with Crippen molar-refractivity contribution in [2.45, 2.75) is 25.5 Å². The molecule has 0 aliphatic carbocycles. The van der Waals surface area contributed by atoms with Crippen LogP contribution in [0, 0.1) is 5.82 Å². The Hall–Kier alpha value is -2.16. The zero-order chi connectivity index (χ0) is 18.1. The summed E-state index contributed by atoms with van der Waals surface area (Å²) in [6.45, 7) is 1.39. The predicted molar refractivity (Wildman–Crippen MR) is 85.5 cm³/mol. The Morgan fingerprint density at radius 2 is 2.08 bits per heavy atom. The topological polar surface area (TPSA) is 107 Å². The Balaban J connectivity index is 2.02. The van der Waals surface area contributed by atoms with Crippen molar-refractivity contribution in [2.24, 2.45) is 0 Å². The molecule has 0 spiro atoms. The predicted octanol–water partition coefficient (Wildman–Crippen LogP) is 0.599. The van der Waals surface area contributed by atoms with E-state index in [0.717, 1.165) is 12.1 Å². The van der Waals surface area contributed by atoms with Gasteiger partial charge in [0.25, 0.3) is 5.91 Å². The van der Waals surface area contributed by atoms with Crippen LogP contribution in [0.1, 0.15) is 23.7 Å². The molecule has 1 fully saturated rings. The van der Waals surface area contributed by atoms with Crippen LogP contribution < -0.4 is 5.73 Å². The molecular formula is C15H19FN2O5S. The van der Waals surface area contributed by atoms with Gasteiger partial charge in [-0.25, -0.2) is 17.6 Å². The second-order valence-electron chi connectivity index (χ2n) is 5.79. The summed E-state index contributed by atoms with van der Waals surface area (Å²) < 4.78 is 41.1. The van der Waals surface area contributed by atoms with Crippen molar-refractivity contribution in [3.05, 3.63) is 29.6 Å². The summed E-state index contributed by atoms with van der Waals surface area (Å²) in [5, 5.41) is 0. The molecule has 7 nitrogen and oxygen atoms in total. The molecule has 24 heavy (non-hydrogen) atoms. The first-order valence-corrected chi connectivity index (χ1v) is 9.16. The number of carbonyl (C=O) groups excluding carboxylic acids is 2. The van der Waals surface area contributed by atoms with Gasteiger partial charge in [0.05, 0.1) is 17.1 Å². The van der Waals surface area contributed by atoms with Crippen molar-refractivity contribution in [3.8, 4) is 0 Å². The smallest absolute Gasteiger partial charge is 0.341 e. The van der Waals surface area contributed by atoms with Crippen LogP contribution in [0.25, 0.3) is 0 Å². The fourth-order valence-electron chi connectivity index (χ4n) is 2.54. The van der Waals surface area contributed by atoms with Crippen molar-refractivity contribution in [1.82, 2.24) is 4.90 Å². The minimum atomic E-state index is -3.13. The lowest BCUT2D eigenvalue weighted by Crippen LogP contribution is -2.44. The lowest BCUT2D eigenvalue weighted by atomic mass is 10.1. The molecule has 1 heterocycles. The second-order valence-corrected chi connectivity index (χ2v) is 8.01. The minimum absolute atomic E-state index is 0.0373. The highest BCUT2D eigenvalue weighted by Crippen LogP contribution is 2.19. The van der Waals surface area contributed by atoms with Gasteiger partial charge in [-0.05, 0) is 31.5 Å². The normalized spacial score (nSPS) is 20.4. The number of rotatable bonds is 4. The summed E-state index contributed by atoms with van der Waals surface area (Å²) in [4.78, 5) is 25.6. The third kappa shape index (κ3) is 4.02. The van der Waals surface area contributed by atoms with Crippen molar-refractivity contribution in [2.75, 3.05) is 24.3 Å². The van der Waals surface area contributed by atoms with Gasteiger partial charge in [0.2, 0.25) is 0 Å². The molecule has 1 saturated heterocycles. The van der Waals surface area contributed by atoms with Gasteiger partial charge in [-0.2, -0.15) is 0 Å². The standard InChI is InChI=1S/C15H19FN2O5S/c1-9(14(19)18(2)11-5-6-24(21,22)8-11)23-15(20)12-4-3-10(16)7-13(12)17/h3-4,7,9,11H,5-6,8,17H2,1-2H3/t9-,11+/m1/s1. The first-order valence-electron chi connectivity index (χ1n) is 7.34. The number of benzene rings is 1. The Kier molecular flexibility index (Phi) is 5.12. The van der Waals surface area contributed by atoms with Gasteiger partial charge in [-0.1, -0.05) is 0 Å². The molecule has 2 N–H and O–H groups in total. The van der Waals surface area contributed by atoms with Crippen molar-refractivity contribution in [1.29, 1.82) is 0 Å². The molecule has 2 rings (SSSR count). The van der Waals surface area contributed by atoms with E-state index in [2.05, 4.69) is 0 Å². The monoisotopic (exact) mass is 358 g/mol. The van der Waals surface area contributed by atoms with Gasteiger partial charge in [0, 0.05) is 18.8 Å². The molecule has 0 bridgehead atoms. The molecule has 0 aromatic heterocycles. The molecule has 0 unspecified atom stereocenters. The lowest BCUT2D eigenvalue weighted by molar-refractivity contribution is -0.140. The average molecular weight is 358 g/mol. The molecule has 1 aliphatic rings. The molecule has 1 amide bonds. The van der Waals surface area contributed by atoms with Crippen LogP contribution in [0.2, 0.25) is 0 Å². The van der Waals surface area contributed by atoms with Crippen molar-refractivity contribution >= 4 is 27.4 Å². The first kappa shape index (κ1) is 18.2. The van der Waals surface area contributed by atoms with E-state index in [0.29, 0.717) is 6.42 Å². The lowest BCUT2D eigenvalue weighted by Gasteiger charge is -2.26. The fraction of sp³-hybridized carbons (Fsp3) is 0.467.